The van der Waals surface area contributed by atoms with Crippen LogP contribution in [0.2, 0.25) is 0 Å². The summed E-state index contributed by atoms with van der Waals surface area (Å²) >= 11 is 0. The van der Waals surface area contributed by atoms with E-state index in [0.717, 1.165) is 12.1 Å². The van der Waals surface area contributed by atoms with Crippen molar-refractivity contribution in [2.45, 2.75) is 12.7 Å². The molecule has 0 saturated heterocycles. The number of alkyl halides is 3. The van der Waals surface area contributed by atoms with Gasteiger partial charge in [-0.25, -0.2) is 4.79 Å². The van der Waals surface area contributed by atoms with E-state index in [1.807, 2.05) is 0 Å². The lowest BCUT2D eigenvalue weighted by Gasteiger charge is -2.23. The molecule has 2 aromatic rings. The highest BCUT2D eigenvalue weighted by Gasteiger charge is 2.30. The number of benzene rings is 2. The number of rotatable bonds is 5. The van der Waals surface area contributed by atoms with Crippen molar-refractivity contribution in [3.8, 4) is 0 Å². The molecule has 3 nitrogen and oxygen atoms in total. The summed E-state index contributed by atoms with van der Waals surface area (Å²) in [7, 11) is 3.01. The molecule has 2 rings (SSSR count). The zero-order chi connectivity index (χ0) is 18.6. The van der Waals surface area contributed by atoms with Crippen LogP contribution in [-0.4, -0.2) is 20.1 Å². The number of halogens is 3. The van der Waals surface area contributed by atoms with Gasteiger partial charge in [0.2, 0.25) is 0 Å². The summed E-state index contributed by atoms with van der Waals surface area (Å²) in [5, 5.41) is 0. The third-order valence-corrected chi connectivity index (χ3v) is 3.75. The molecule has 0 unspecified atom stereocenters. The molecule has 0 fully saturated rings. The highest BCUT2D eigenvalue weighted by Crippen LogP contribution is 2.31. The first-order chi connectivity index (χ1) is 11.7. The van der Waals surface area contributed by atoms with Crippen molar-refractivity contribution in [1.82, 2.24) is 0 Å². The molecule has 0 heterocycles. The predicted molar refractivity (Wildman–Crippen MR) is 91.0 cm³/mol. The smallest absolute Gasteiger partial charge is 0.416 e. The van der Waals surface area contributed by atoms with Crippen LogP contribution in [0, 0.1) is 0 Å². The Balaban J connectivity index is 2.29. The van der Waals surface area contributed by atoms with Crippen LogP contribution in [-0.2, 0) is 22.3 Å². The molecule has 132 valence electrons. The lowest BCUT2D eigenvalue weighted by atomic mass is 10.0. The molecule has 0 aliphatic carbocycles. The Morgan fingerprint density at radius 1 is 1.16 bits per heavy atom. The monoisotopic (exact) mass is 349 g/mol. The summed E-state index contributed by atoms with van der Waals surface area (Å²) < 4.78 is 43.2. The molecule has 6 heteroatoms. The van der Waals surface area contributed by atoms with E-state index in [4.69, 9.17) is 4.74 Å². The topological polar surface area (TPSA) is 29.5 Å². The van der Waals surface area contributed by atoms with Gasteiger partial charge in [-0.2, -0.15) is 13.2 Å². The van der Waals surface area contributed by atoms with Gasteiger partial charge in [-0.1, -0.05) is 36.9 Å². The number of anilines is 1. The fourth-order valence-electron chi connectivity index (χ4n) is 2.50. The lowest BCUT2D eigenvalue weighted by molar-refractivity contribution is -0.137. The number of carbonyl (C=O) groups excluding carboxylic acids is 1. The predicted octanol–water partition coefficient (Wildman–Crippen LogP) is 4.53. The van der Waals surface area contributed by atoms with Gasteiger partial charge >= 0.3 is 12.1 Å². The van der Waals surface area contributed by atoms with Gasteiger partial charge < -0.3 is 9.64 Å². The van der Waals surface area contributed by atoms with E-state index in [1.165, 1.54) is 13.2 Å². The molecular formula is C19H18F3NO2. The summed E-state index contributed by atoms with van der Waals surface area (Å²) in [5.74, 6) is -0.556. The Morgan fingerprint density at radius 2 is 1.84 bits per heavy atom. The molecule has 25 heavy (non-hydrogen) atoms. The van der Waals surface area contributed by atoms with Crippen LogP contribution in [0.25, 0.3) is 5.57 Å². The quantitative estimate of drug-likeness (QED) is 0.587. The Morgan fingerprint density at radius 3 is 2.48 bits per heavy atom. The van der Waals surface area contributed by atoms with Crippen molar-refractivity contribution in [1.29, 1.82) is 0 Å². The van der Waals surface area contributed by atoms with Gasteiger partial charge in [0.15, 0.2) is 0 Å². The number of carbonyl (C=O) groups is 1. The minimum Gasteiger partial charge on any atom is -0.465 e. The maximum Gasteiger partial charge on any atom is 0.416 e. The van der Waals surface area contributed by atoms with Gasteiger partial charge in [0, 0.05) is 24.8 Å². The second-order valence-electron chi connectivity index (χ2n) is 5.54. The molecule has 0 saturated carbocycles. The first kappa shape index (κ1) is 18.6. The maximum atomic E-state index is 12.8. The van der Waals surface area contributed by atoms with E-state index in [1.54, 1.807) is 42.3 Å². The summed E-state index contributed by atoms with van der Waals surface area (Å²) in [5.41, 5.74) is 1.26. The van der Waals surface area contributed by atoms with Crippen LogP contribution in [0.5, 0.6) is 0 Å². The molecule has 0 radical (unpaired) electrons. The van der Waals surface area contributed by atoms with Crippen LogP contribution in [0.4, 0.5) is 18.9 Å². The van der Waals surface area contributed by atoms with Crippen molar-refractivity contribution in [3.63, 3.8) is 0 Å². The second kappa shape index (κ2) is 7.42. The van der Waals surface area contributed by atoms with Crippen LogP contribution in [0.1, 0.15) is 16.7 Å². The number of nitrogens with zero attached hydrogens (tertiary/aromatic N) is 1. The van der Waals surface area contributed by atoms with Crippen LogP contribution >= 0.6 is 0 Å². The van der Waals surface area contributed by atoms with Crippen molar-refractivity contribution < 1.29 is 22.7 Å². The molecule has 0 aliphatic rings. The Kier molecular flexibility index (Phi) is 5.51. The number of ether oxygens (including phenoxy) is 1. The maximum absolute atomic E-state index is 12.8. The molecule has 0 aromatic heterocycles. The molecule has 0 N–H and O–H groups in total. The van der Waals surface area contributed by atoms with E-state index in [0.29, 0.717) is 16.8 Å². The average Bonchev–Trinajstić information content (AvgIpc) is 2.59. The molecule has 0 spiro atoms. The van der Waals surface area contributed by atoms with E-state index >= 15 is 0 Å². The van der Waals surface area contributed by atoms with Gasteiger partial charge in [0.1, 0.15) is 0 Å². The number of para-hydroxylation sites is 1. The van der Waals surface area contributed by atoms with Crippen LogP contribution in [0.15, 0.2) is 55.1 Å². The summed E-state index contributed by atoms with van der Waals surface area (Å²) in [6.07, 6.45) is -4.38. The first-order valence-electron chi connectivity index (χ1n) is 7.48. The van der Waals surface area contributed by atoms with Crippen LogP contribution in [0.3, 0.4) is 0 Å². The van der Waals surface area contributed by atoms with E-state index in [2.05, 4.69) is 6.58 Å². The van der Waals surface area contributed by atoms with Gasteiger partial charge in [-0.05, 0) is 23.8 Å². The van der Waals surface area contributed by atoms with Crippen molar-refractivity contribution in [2.24, 2.45) is 0 Å². The van der Waals surface area contributed by atoms with Crippen molar-refractivity contribution >= 4 is 17.2 Å². The molecule has 2 aromatic carbocycles. The standard InChI is InChI=1S/C19H18F3NO2/c1-13(18(24)25-3)16-9-4-5-10-17(16)23(2)12-14-7-6-8-15(11-14)19(20,21)22/h4-11H,1,12H2,2-3H3. The SMILES string of the molecule is C=C(C(=O)OC)c1ccccc1N(C)Cc1cccc(C(F)(F)F)c1. The fraction of sp³-hybridized carbons (Fsp3) is 0.211. The highest BCUT2D eigenvalue weighted by molar-refractivity contribution is 6.17. The zero-order valence-electron chi connectivity index (χ0n) is 13.9. The summed E-state index contributed by atoms with van der Waals surface area (Å²) in [6.45, 7) is 3.99. The van der Waals surface area contributed by atoms with Crippen molar-refractivity contribution in [3.05, 3.63) is 71.8 Å². The largest absolute Gasteiger partial charge is 0.465 e. The first-order valence-corrected chi connectivity index (χ1v) is 7.48. The van der Waals surface area contributed by atoms with Gasteiger partial charge in [0.25, 0.3) is 0 Å². The average molecular weight is 349 g/mol. The fourth-order valence-corrected chi connectivity index (χ4v) is 2.50. The summed E-state index contributed by atoms with van der Waals surface area (Å²) in [6, 6.07) is 12.2. The normalized spacial score (nSPS) is 11.1. The van der Waals surface area contributed by atoms with E-state index < -0.39 is 17.7 Å². The minimum absolute atomic E-state index is 0.189. The lowest BCUT2D eigenvalue weighted by Crippen LogP contribution is -2.19. The Hall–Kier alpha value is -2.76. The number of methoxy groups -OCH3 is 1. The number of esters is 1. The molecule has 0 bridgehead atoms. The third-order valence-electron chi connectivity index (χ3n) is 3.75. The molecule has 0 aliphatic heterocycles. The molecular weight excluding hydrogens is 331 g/mol. The number of hydrogen-bond donors (Lipinski definition) is 0. The number of hydrogen-bond acceptors (Lipinski definition) is 3. The third kappa shape index (κ3) is 4.41. The van der Waals surface area contributed by atoms with Gasteiger partial charge in [0.05, 0.1) is 18.2 Å². The van der Waals surface area contributed by atoms with Crippen molar-refractivity contribution in [2.75, 3.05) is 19.1 Å². The van der Waals surface area contributed by atoms with Gasteiger partial charge in [-0.15, -0.1) is 0 Å². The molecule has 0 amide bonds. The van der Waals surface area contributed by atoms with Gasteiger partial charge in [-0.3, -0.25) is 0 Å². The molecule has 0 atom stereocenters. The highest BCUT2D eigenvalue weighted by atomic mass is 19.4. The minimum atomic E-state index is -4.38. The second-order valence-corrected chi connectivity index (χ2v) is 5.54. The van der Waals surface area contributed by atoms with E-state index in [9.17, 15) is 18.0 Å². The zero-order valence-corrected chi connectivity index (χ0v) is 13.9. The van der Waals surface area contributed by atoms with E-state index in [-0.39, 0.29) is 12.1 Å². The van der Waals surface area contributed by atoms with Crippen LogP contribution < -0.4 is 4.90 Å². The Labute approximate surface area is 144 Å². The Bertz CT molecular complexity index is 784. The summed E-state index contributed by atoms with van der Waals surface area (Å²) in [4.78, 5) is 13.5.